The molecule has 1 aliphatic rings. The highest BCUT2D eigenvalue weighted by Crippen LogP contribution is 2.26. The van der Waals surface area contributed by atoms with Crippen LogP contribution in [0.2, 0.25) is 0 Å². The van der Waals surface area contributed by atoms with Gasteiger partial charge in [0.05, 0.1) is 12.7 Å². The van der Waals surface area contributed by atoms with Gasteiger partial charge in [-0.15, -0.1) is 0 Å². The van der Waals surface area contributed by atoms with E-state index in [0.717, 1.165) is 19.6 Å². The minimum Gasteiger partial charge on any atom is -0.372 e. The Hall–Kier alpha value is -1.64. The lowest BCUT2D eigenvalue weighted by molar-refractivity contribution is 0.0410. The second-order valence-corrected chi connectivity index (χ2v) is 5.35. The van der Waals surface area contributed by atoms with Gasteiger partial charge in [-0.2, -0.15) is 0 Å². The molecule has 2 aromatic rings. The molecule has 0 fully saturated rings. The van der Waals surface area contributed by atoms with Crippen LogP contribution in [0.5, 0.6) is 0 Å². The summed E-state index contributed by atoms with van der Waals surface area (Å²) in [6.07, 6.45) is 1.20. The average molecular weight is 267 g/mol. The lowest BCUT2D eigenvalue weighted by Gasteiger charge is -2.27. The molecule has 2 heteroatoms. The zero-order chi connectivity index (χ0) is 13.8. The Bertz CT molecular complexity index is 552. The third kappa shape index (κ3) is 2.92. The Morgan fingerprint density at radius 2 is 1.85 bits per heavy atom. The van der Waals surface area contributed by atoms with Crippen LogP contribution in [0.4, 0.5) is 0 Å². The topological polar surface area (TPSA) is 21.3 Å². The fraction of sp³-hybridized carbons (Fsp3) is 0.333. The summed E-state index contributed by atoms with van der Waals surface area (Å²) in [7, 11) is 0. The third-order valence-corrected chi connectivity index (χ3v) is 4.00. The molecule has 0 amide bonds. The van der Waals surface area contributed by atoms with Gasteiger partial charge in [-0.3, -0.25) is 0 Å². The van der Waals surface area contributed by atoms with Crippen LogP contribution in [0.25, 0.3) is 0 Å². The lowest BCUT2D eigenvalue weighted by atomic mass is 9.97. The highest BCUT2D eigenvalue weighted by atomic mass is 16.5. The molecule has 0 spiro atoms. The van der Waals surface area contributed by atoms with Crippen molar-refractivity contribution in [2.75, 3.05) is 13.2 Å². The minimum atomic E-state index is 0.172. The molecule has 0 aliphatic carbocycles. The van der Waals surface area contributed by atoms with E-state index in [0.29, 0.717) is 6.04 Å². The highest BCUT2D eigenvalue weighted by molar-refractivity contribution is 5.31. The summed E-state index contributed by atoms with van der Waals surface area (Å²) in [6, 6.07) is 19.5. The van der Waals surface area contributed by atoms with Gasteiger partial charge in [0.25, 0.3) is 0 Å². The van der Waals surface area contributed by atoms with E-state index < -0.39 is 0 Å². The van der Waals surface area contributed by atoms with Crippen molar-refractivity contribution < 1.29 is 4.74 Å². The van der Waals surface area contributed by atoms with Gasteiger partial charge in [-0.1, -0.05) is 54.6 Å². The van der Waals surface area contributed by atoms with E-state index >= 15 is 0 Å². The first-order chi connectivity index (χ1) is 9.84. The first kappa shape index (κ1) is 13.3. The van der Waals surface area contributed by atoms with Crippen LogP contribution in [-0.4, -0.2) is 13.2 Å². The van der Waals surface area contributed by atoms with Crippen LogP contribution in [-0.2, 0) is 11.2 Å². The van der Waals surface area contributed by atoms with Crippen LogP contribution in [0.3, 0.4) is 0 Å². The van der Waals surface area contributed by atoms with Crippen molar-refractivity contribution in [2.24, 2.45) is 0 Å². The van der Waals surface area contributed by atoms with Crippen molar-refractivity contribution in [2.45, 2.75) is 25.5 Å². The molecule has 1 N–H and O–H groups in total. The largest absolute Gasteiger partial charge is 0.372 e. The Morgan fingerprint density at radius 1 is 1.10 bits per heavy atom. The molecule has 3 rings (SSSR count). The predicted octanol–water partition coefficient (Wildman–Crippen LogP) is 3.65. The monoisotopic (exact) mass is 267 g/mol. The second-order valence-electron chi connectivity index (χ2n) is 5.35. The molecule has 1 aliphatic heterocycles. The first-order valence-corrected chi connectivity index (χ1v) is 7.32. The van der Waals surface area contributed by atoms with Crippen LogP contribution >= 0.6 is 0 Å². The third-order valence-electron chi connectivity index (χ3n) is 4.00. The van der Waals surface area contributed by atoms with E-state index in [1.165, 1.54) is 16.7 Å². The predicted molar refractivity (Wildman–Crippen MR) is 81.7 cm³/mol. The molecule has 20 heavy (non-hydrogen) atoms. The van der Waals surface area contributed by atoms with Crippen LogP contribution in [0.1, 0.15) is 35.8 Å². The minimum absolute atomic E-state index is 0.172. The molecule has 0 radical (unpaired) electrons. The number of hydrogen-bond acceptors (Lipinski definition) is 2. The fourth-order valence-corrected chi connectivity index (χ4v) is 2.79. The molecule has 0 saturated heterocycles. The van der Waals surface area contributed by atoms with Gasteiger partial charge < -0.3 is 10.1 Å². The van der Waals surface area contributed by atoms with E-state index in [4.69, 9.17) is 4.74 Å². The summed E-state index contributed by atoms with van der Waals surface area (Å²) >= 11 is 0. The molecule has 2 atom stereocenters. The number of ether oxygens (including phenoxy) is 1. The highest BCUT2D eigenvalue weighted by Gasteiger charge is 2.20. The number of hydrogen-bond donors (Lipinski definition) is 1. The maximum Gasteiger partial charge on any atom is 0.0952 e. The molecule has 1 heterocycles. The Kier molecular flexibility index (Phi) is 4.14. The van der Waals surface area contributed by atoms with Gasteiger partial charge in [0.1, 0.15) is 0 Å². The molecule has 0 bridgehead atoms. The number of nitrogens with one attached hydrogen (secondary N) is 1. The van der Waals surface area contributed by atoms with Gasteiger partial charge in [-0.05, 0) is 30.0 Å². The second kappa shape index (κ2) is 6.21. The van der Waals surface area contributed by atoms with Gasteiger partial charge >= 0.3 is 0 Å². The lowest BCUT2D eigenvalue weighted by Crippen LogP contribution is -2.29. The smallest absolute Gasteiger partial charge is 0.0952 e. The molecular weight excluding hydrogens is 246 g/mol. The van der Waals surface area contributed by atoms with E-state index in [1.54, 1.807) is 0 Å². The summed E-state index contributed by atoms with van der Waals surface area (Å²) in [5.41, 5.74) is 4.08. The number of rotatable bonds is 4. The van der Waals surface area contributed by atoms with Crippen molar-refractivity contribution in [3.63, 3.8) is 0 Å². The van der Waals surface area contributed by atoms with Gasteiger partial charge in [0.15, 0.2) is 0 Å². The first-order valence-electron chi connectivity index (χ1n) is 7.32. The standard InChI is InChI=1S/C18H21NO/c1-14(15-7-3-2-4-8-15)19-13-18-17-10-6-5-9-16(17)11-12-20-18/h2-10,14,18-19H,11-13H2,1H3. The van der Waals surface area contributed by atoms with E-state index in [-0.39, 0.29) is 6.10 Å². The summed E-state index contributed by atoms with van der Waals surface area (Å²) in [5, 5.41) is 3.58. The number of benzene rings is 2. The quantitative estimate of drug-likeness (QED) is 0.913. The van der Waals surface area contributed by atoms with Crippen LogP contribution in [0, 0.1) is 0 Å². The van der Waals surface area contributed by atoms with Crippen molar-refractivity contribution in [3.8, 4) is 0 Å². The maximum absolute atomic E-state index is 5.93. The van der Waals surface area contributed by atoms with Crippen molar-refractivity contribution >= 4 is 0 Å². The Labute approximate surface area is 120 Å². The SMILES string of the molecule is CC(NCC1OCCc2ccccc21)c1ccccc1. The Morgan fingerprint density at radius 3 is 2.70 bits per heavy atom. The summed E-state index contributed by atoms with van der Waals surface area (Å²) < 4.78 is 5.93. The zero-order valence-electron chi connectivity index (χ0n) is 11.9. The average Bonchev–Trinajstić information content (AvgIpc) is 2.53. The molecular formula is C18H21NO. The fourth-order valence-electron chi connectivity index (χ4n) is 2.79. The summed E-state index contributed by atoms with van der Waals surface area (Å²) in [5.74, 6) is 0. The van der Waals surface area contributed by atoms with E-state index in [2.05, 4.69) is 66.8 Å². The zero-order valence-corrected chi connectivity index (χ0v) is 11.9. The number of fused-ring (bicyclic) bond motifs is 1. The molecule has 0 aromatic heterocycles. The van der Waals surface area contributed by atoms with Crippen molar-refractivity contribution in [3.05, 3.63) is 71.3 Å². The van der Waals surface area contributed by atoms with Crippen molar-refractivity contribution in [1.82, 2.24) is 5.32 Å². The molecule has 2 unspecified atom stereocenters. The van der Waals surface area contributed by atoms with E-state index in [1.807, 2.05) is 0 Å². The normalized spacial score (nSPS) is 19.4. The Balaban J connectivity index is 1.65. The maximum atomic E-state index is 5.93. The molecule has 2 aromatic carbocycles. The van der Waals surface area contributed by atoms with Gasteiger partial charge in [0, 0.05) is 12.6 Å². The summed E-state index contributed by atoms with van der Waals surface area (Å²) in [4.78, 5) is 0. The van der Waals surface area contributed by atoms with Gasteiger partial charge in [-0.25, -0.2) is 0 Å². The van der Waals surface area contributed by atoms with Crippen LogP contribution in [0.15, 0.2) is 54.6 Å². The molecule has 104 valence electrons. The van der Waals surface area contributed by atoms with Crippen molar-refractivity contribution in [1.29, 1.82) is 0 Å². The van der Waals surface area contributed by atoms with E-state index in [9.17, 15) is 0 Å². The summed E-state index contributed by atoms with van der Waals surface area (Å²) in [6.45, 7) is 3.88. The molecule has 0 saturated carbocycles. The van der Waals surface area contributed by atoms with Gasteiger partial charge in [0.2, 0.25) is 0 Å². The van der Waals surface area contributed by atoms with Crippen LogP contribution < -0.4 is 5.32 Å². The molecule has 2 nitrogen and oxygen atoms in total.